The number of hydrogen-bond acceptors (Lipinski definition) is 4. The number of rotatable bonds is 9. The summed E-state index contributed by atoms with van der Waals surface area (Å²) in [6.07, 6.45) is 2.60. The lowest BCUT2D eigenvalue weighted by atomic mass is 9.91. The van der Waals surface area contributed by atoms with Gasteiger partial charge >= 0.3 is 6.03 Å². The van der Waals surface area contributed by atoms with Crippen LogP contribution >= 0.6 is 0 Å². The third-order valence-corrected chi connectivity index (χ3v) is 6.18. The molecule has 0 bridgehead atoms. The zero-order valence-corrected chi connectivity index (χ0v) is 20.7. The van der Waals surface area contributed by atoms with Gasteiger partial charge in [-0.2, -0.15) is 0 Å². The molecule has 1 aliphatic rings. The maximum Gasteiger partial charge on any atom is 0.321 e. The van der Waals surface area contributed by atoms with E-state index in [2.05, 4.69) is 20.9 Å². The Balaban J connectivity index is 1.35. The maximum atomic E-state index is 13.4. The summed E-state index contributed by atoms with van der Waals surface area (Å²) in [5.74, 6) is -0.399. The average Bonchev–Trinajstić information content (AvgIpc) is 3.45. The second-order valence-electron chi connectivity index (χ2n) is 9.01. The van der Waals surface area contributed by atoms with Gasteiger partial charge in [-0.05, 0) is 48.1 Å². The Morgan fingerprint density at radius 1 is 0.973 bits per heavy atom. The van der Waals surface area contributed by atoms with E-state index in [1.165, 1.54) is 0 Å². The molecule has 4 rings (SSSR count). The predicted molar refractivity (Wildman–Crippen MR) is 145 cm³/mol. The fraction of sp³-hybridized carbons (Fsp3) is 0.276. The van der Waals surface area contributed by atoms with Crippen LogP contribution in [0.15, 0.2) is 89.9 Å². The molecule has 3 aromatic rings. The van der Waals surface area contributed by atoms with Crippen LogP contribution in [-0.2, 0) is 22.5 Å². The van der Waals surface area contributed by atoms with Crippen molar-refractivity contribution in [3.8, 4) is 0 Å². The summed E-state index contributed by atoms with van der Waals surface area (Å²) in [6.45, 7) is 1.43. The fourth-order valence-electron chi connectivity index (χ4n) is 4.26. The second kappa shape index (κ2) is 13.2. The Labute approximate surface area is 217 Å². The van der Waals surface area contributed by atoms with Gasteiger partial charge in [0.15, 0.2) is 5.96 Å². The van der Waals surface area contributed by atoms with Gasteiger partial charge in [-0.3, -0.25) is 10.1 Å². The Kier molecular flexibility index (Phi) is 9.26. The molecule has 0 radical (unpaired) electrons. The van der Waals surface area contributed by atoms with Crippen LogP contribution in [0.3, 0.4) is 0 Å². The summed E-state index contributed by atoms with van der Waals surface area (Å²) in [4.78, 5) is 29.6. The van der Waals surface area contributed by atoms with Crippen LogP contribution in [0, 0.1) is 0 Å². The maximum absolute atomic E-state index is 13.4. The summed E-state index contributed by atoms with van der Waals surface area (Å²) in [5.41, 5.74) is 9.46. The molecule has 0 aliphatic carbocycles. The molecule has 1 saturated heterocycles. The molecule has 37 heavy (non-hydrogen) atoms. The second-order valence-corrected chi connectivity index (χ2v) is 9.01. The molecule has 8 nitrogen and oxygen atoms in total. The molecule has 1 fully saturated rings. The standard InChI is InChI=1S/C29H33N5O3/c30-28(34-29(36)32-20-25-15-8-16-37-25)31-19-22-11-7-14-24(17-22)33-27(35)26(23-12-5-2-6-13-23)18-21-9-3-1-4-10-21/h1-7,9-14,17,25-26H,8,15-16,18-20H2,(H,33,35)(H4,30,31,32,34,36). The van der Waals surface area contributed by atoms with Crippen molar-refractivity contribution in [2.45, 2.75) is 37.8 Å². The molecule has 192 valence electrons. The number of aliphatic imine (C=N–C) groups is 1. The highest BCUT2D eigenvalue weighted by molar-refractivity contribution is 5.96. The molecular formula is C29H33N5O3. The van der Waals surface area contributed by atoms with E-state index in [0.29, 0.717) is 18.7 Å². The SMILES string of the molecule is NC(=NCc1cccc(NC(=O)C(Cc2ccccc2)c2ccccc2)c1)NC(=O)NCC1CCCO1. The molecule has 0 spiro atoms. The smallest absolute Gasteiger partial charge is 0.321 e. The predicted octanol–water partition coefficient (Wildman–Crippen LogP) is 3.94. The van der Waals surface area contributed by atoms with Crippen molar-refractivity contribution in [2.75, 3.05) is 18.5 Å². The van der Waals surface area contributed by atoms with Crippen LogP contribution in [-0.4, -0.2) is 37.2 Å². The first-order valence-electron chi connectivity index (χ1n) is 12.5. The number of ether oxygens (including phenoxy) is 1. The highest BCUT2D eigenvalue weighted by Gasteiger charge is 2.21. The van der Waals surface area contributed by atoms with E-state index in [4.69, 9.17) is 10.5 Å². The van der Waals surface area contributed by atoms with Crippen molar-refractivity contribution in [1.29, 1.82) is 0 Å². The fourth-order valence-corrected chi connectivity index (χ4v) is 4.26. The number of nitrogens with two attached hydrogens (primary N) is 1. The molecule has 3 aromatic carbocycles. The normalized spacial score (nSPS) is 16.1. The van der Waals surface area contributed by atoms with E-state index in [1.54, 1.807) is 0 Å². The largest absolute Gasteiger partial charge is 0.376 e. The number of carbonyl (C=O) groups is 2. The first-order chi connectivity index (χ1) is 18.1. The lowest BCUT2D eigenvalue weighted by Gasteiger charge is -2.18. The van der Waals surface area contributed by atoms with Crippen LogP contribution in [0.5, 0.6) is 0 Å². The number of nitrogens with zero attached hydrogens (tertiary/aromatic N) is 1. The number of amides is 3. The number of guanidine groups is 1. The third-order valence-electron chi connectivity index (χ3n) is 6.18. The average molecular weight is 500 g/mol. The minimum Gasteiger partial charge on any atom is -0.376 e. The van der Waals surface area contributed by atoms with Crippen molar-refractivity contribution in [3.05, 3.63) is 102 Å². The minimum absolute atomic E-state index is 0.0197. The zero-order valence-electron chi connectivity index (χ0n) is 20.7. The van der Waals surface area contributed by atoms with Crippen molar-refractivity contribution < 1.29 is 14.3 Å². The monoisotopic (exact) mass is 499 g/mol. The molecule has 1 heterocycles. The first kappa shape index (κ1) is 25.9. The van der Waals surface area contributed by atoms with Crippen molar-refractivity contribution >= 4 is 23.6 Å². The van der Waals surface area contributed by atoms with Crippen LogP contribution in [0.25, 0.3) is 0 Å². The summed E-state index contributed by atoms with van der Waals surface area (Å²) < 4.78 is 5.49. The van der Waals surface area contributed by atoms with Gasteiger partial charge in [0.05, 0.1) is 18.6 Å². The quantitative estimate of drug-likeness (QED) is 0.263. The summed E-state index contributed by atoms with van der Waals surface area (Å²) in [6, 6.07) is 26.8. The van der Waals surface area contributed by atoms with Gasteiger partial charge in [0.2, 0.25) is 5.91 Å². The Bertz CT molecular complexity index is 1190. The van der Waals surface area contributed by atoms with Gasteiger partial charge in [-0.25, -0.2) is 9.79 Å². The van der Waals surface area contributed by atoms with Gasteiger partial charge < -0.3 is 21.1 Å². The molecular weight excluding hydrogens is 466 g/mol. The van der Waals surface area contributed by atoms with E-state index >= 15 is 0 Å². The minimum atomic E-state index is -0.414. The van der Waals surface area contributed by atoms with Crippen LogP contribution in [0.2, 0.25) is 0 Å². The molecule has 0 saturated carbocycles. The summed E-state index contributed by atoms with van der Waals surface area (Å²) >= 11 is 0. The number of carbonyl (C=O) groups excluding carboxylic acids is 2. The number of benzene rings is 3. The molecule has 0 aromatic heterocycles. The zero-order chi connectivity index (χ0) is 25.9. The third kappa shape index (κ3) is 8.18. The first-order valence-corrected chi connectivity index (χ1v) is 12.5. The van der Waals surface area contributed by atoms with Crippen molar-refractivity contribution in [1.82, 2.24) is 10.6 Å². The van der Waals surface area contributed by atoms with Gasteiger partial charge in [0.1, 0.15) is 0 Å². The lowest BCUT2D eigenvalue weighted by molar-refractivity contribution is -0.117. The Morgan fingerprint density at radius 3 is 2.43 bits per heavy atom. The highest BCUT2D eigenvalue weighted by atomic mass is 16.5. The van der Waals surface area contributed by atoms with Gasteiger partial charge in [0, 0.05) is 18.8 Å². The van der Waals surface area contributed by atoms with Crippen LogP contribution in [0.4, 0.5) is 10.5 Å². The molecule has 2 unspecified atom stereocenters. The molecule has 2 atom stereocenters. The number of nitrogens with one attached hydrogen (secondary N) is 3. The Hall–Kier alpha value is -4.17. The topological polar surface area (TPSA) is 118 Å². The number of urea groups is 1. The van der Waals surface area contributed by atoms with Crippen molar-refractivity contribution in [2.24, 2.45) is 10.7 Å². The molecule has 3 amide bonds. The van der Waals surface area contributed by atoms with E-state index in [9.17, 15) is 9.59 Å². The molecule has 5 N–H and O–H groups in total. The summed E-state index contributed by atoms with van der Waals surface area (Å²) in [7, 11) is 0. The molecule has 1 aliphatic heterocycles. The van der Waals surface area contributed by atoms with Crippen molar-refractivity contribution in [3.63, 3.8) is 0 Å². The van der Waals surface area contributed by atoms with E-state index in [-0.39, 0.29) is 30.4 Å². The summed E-state index contributed by atoms with van der Waals surface area (Å²) in [5, 5.41) is 8.33. The van der Waals surface area contributed by atoms with Crippen LogP contribution < -0.4 is 21.7 Å². The van der Waals surface area contributed by atoms with E-state index < -0.39 is 6.03 Å². The highest BCUT2D eigenvalue weighted by Crippen LogP contribution is 2.23. The lowest BCUT2D eigenvalue weighted by Crippen LogP contribution is -2.45. The van der Waals surface area contributed by atoms with E-state index in [1.807, 2.05) is 84.9 Å². The van der Waals surface area contributed by atoms with Gasteiger partial charge in [-0.1, -0.05) is 72.8 Å². The van der Waals surface area contributed by atoms with E-state index in [0.717, 1.165) is 36.1 Å². The Morgan fingerprint density at radius 2 is 1.70 bits per heavy atom. The van der Waals surface area contributed by atoms with Gasteiger partial charge in [0.25, 0.3) is 0 Å². The molecule has 8 heteroatoms. The van der Waals surface area contributed by atoms with Gasteiger partial charge in [-0.15, -0.1) is 0 Å². The van der Waals surface area contributed by atoms with Crippen LogP contribution in [0.1, 0.15) is 35.4 Å². The number of anilines is 1. The number of hydrogen-bond donors (Lipinski definition) is 4.